The molecule has 2 atom stereocenters. The van der Waals surface area contributed by atoms with Gasteiger partial charge in [0.25, 0.3) is 11.9 Å². The number of fused-ring (bicyclic) bond motifs is 1. The number of ether oxygens (including phenoxy) is 1. The van der Waals surface area contributed by atoms with Gasteiger partial charge in [-0.2, -0.15) is 4.98 Å². The highest BCUT2D eigenvalue weighted by atomic mass is 16.5. The zero-order chi connectivity index (χ0) is 15.5. The molecule has 1 aromatic carbocycles. The molecule has 7 nitrogen and oxygen atoms in total. The van der Waals surface area contributed by atoms with Crippen LogP contribution in [-0.4, -0.2) is 40.4 Å². The first kappa shape index (κ1) is 14.5. The number of carbonyl (C=O) groups is 1. The third-order valence-corrected chi connectivity index (χ3v) is 3.59. The molecular formula is C15H19N5O2. The van der Waals surface area contributed by atoms with Crippen molar-refractivity contribution in [1.82, 2.24) is 14.8 Å². The van der Waals surface area contributed by atoms with E-state index in [4.69, 9.17) is 4.74 Å². The van der Waals surface area contributed by atoms with Crippen LogP contribution in [0.4, 0.5) is 11.9 Å². The van der Waals surface area contributed by atoms with Gasteiger partial charge in [-0.15, -0.1) is 5.10 Å². The van der Waals surface area contributed by atoms with Crippen LogP contribution in [0.1, 0.15) is 24.9 Å². The highest BCUT2D eigenvalue weighted by Gasteiger charge is 2.28. The average molecular weight is 301 g/mol. The van der Waals surface area contributed by atoms with Crippen LogP contribution in [0.15, 0.2) is 30.3 Å². The number of benzene rings is 1. The minimum Gasteiger partial charge on any atom is -0.375 e. The number of amides is 1. The van der Waals surface area contributed by atoms with E-state index < -0.39 is 0 Å². The molecule has 0 radical (unpaired) electrons. The number of carbonyl (C=O) groups excluding carboxylic acids is 1. The lowest BCUT2D eigenvalue weighted by Gasteiger charge is -2.29. The zero-order valence-electron chi connectivity index (χ0n) is 12.6. The van der Waals surface area contributed by atoms with Gasteiger partial charge in [0, 0.05) is 13.2 Å². The number of nitrogens with one attached hydrogen (secondary N) is 2. The standard InChI is InChI=1S/C15H19N5O2/c1-10-8-12(11-6-4-3-5-7-11)20-15(16-10)18-14(19-20)17-13(21)9-22-2/h3-7,10,12H,8-9H2,1-2H3,(H2,16,17,18,19,21)/t10-,12-/m1/s1. The monoisotopic (exact) mass is 301 g/mol. The maximum Gasteiger partial charge on any atom is 0.252 e. The number of rotatable bonds is 4. The van der Waals surface area contributed by atoms with Crippen LogP contribution in [0.2, 0.25) is 0 Å². The lowest BCUT2D eigenvalue weighted by molar-refractivity contribution is -0.119. The van der Waals surface area contributed by atoms with E-state index in [0.29, 0.717) is 11.9 Å². The zero-order valence-corrected chi connectivity index (χ0v) is 12.6. The quantitative estimate of drug-likeness (QED) is 0.897. The van der Waals surface area contributed by atoms with Crippen molar-refractivity contribution in [2.45, 2.75) is 25.4 Å². The molecule has 1 aliphatic heterocycles. The Bertz CT molecular complexity index is 655. The third kappa shape index (κ3) is 2.94. The minimum absolute atomic E-state index is 0.0180. The topological polar surface area (TPSA) is 81.1 Å². The second-order valence-electron chi connectivity index (χ2n) is 5.39. The molecule has 1 aromatic heterocycles. The molecule has 7 heteroatoms. The van der Waals surface area contributed by atoms with Gasteiger partial charge in [-0.1, -0.05) is 30.3 Å². The first-order valence-corrected chi connectivity index (χ1v) is 7.24. The Hall–Kier alpha value is -2.41. The van der Waals surface area contributed by atoms with E-state index in [2.05, 4.69) is 39.8 Å². The molecule has 0 aliphatic carbocycles. The van der Waals surface area contributed by atoms with Gasteiger partial charge in [-0.25, -0.2) is 4.68 Å². The molecule has 0 spiro atoms. The minimum atomic E-state index is -0.269. The molecule has 0 saturated carbocycles. The van der Waals surface area contributed by atoms with Crippen LogP contribution in [0.5, 0.6) is 0 Å². The van der Waals surface area contributed by atoms with Crippen molar-refractivity contribution < 1.29 is 9.53 Å². The molecule has 2 aromatic rings. The molecule has 0 saturated heterocycles. The first-order chi connectivity index (χ1) is 10.7. The molecule has 1 amide bonds. The average Bonchev–Trinajstić information content (AvgIpc) is 2.89. The Morgan fingerprint density at radius 3 is 2.95 bits per heavy atom. The van der Waals surface area contributed by atoms with Gasteiger partial charge in [0.15, 0.2) is 0 Å². The summed E-state index contributed by atoms with van der Waals surface area (Å²) in [5, 5.41) is 10.4. The van der Waals surface area contributed by atoms with Gasteiger partial charge >= 0.3 is 0 Å². The Morgan fingerprint density at radius 1 is 1.45 bits per heavy atom. The van der Waals surface area contributed by atoms with Crippen molar-refractivity contribution in [3.05, 3.63) is 35.9 Å². The third-order valence-electron chi connectivity index (χ3n) is 3.59. The van der Waals surface area contributed by atoms with E-state index in [1.165, 1.54) is 12.7 Å². The Balaban J connectivity index is 1.89. The van der Waals surface area contributed by atoms with Crippen molar-refractivity contribution in [1.29, 1.82) is 0 Å². The van der Waals surface area contributed by atoms with Gasteiger partial charge in [-0.05, 0) is 18.9 Å². The summed E-state index contributed by atoms with van der Waals surface area (Å²) < 4.78 is 6.63. The highest BCUT2D eigenvalue weighted by Crippen LogP contribution is 2.31. The van der Waals surface area contributed by atoms with Crippen molar-refractivity contribution in [2.24, 2.45) is 0 Å². The van der Waals surface area contributed by atoms with E-state index in [9.17, 15) is 4.79 Å². The van der Waals surface area contributed by atoms with Gasteiger partial charge in [-0.3, -0.25) is 10.1 Å². The summed E-state index contributed by atoms with van der Waals surface area (Å²) in [5.74, 6) is 0.689. The number of aromatic nitrogens is 3. The van der Waals surface area contributed by atoms with E-state index in [-0.39, 0.29) is 24.6 Å². The highest BCUT2D eigenvalue weighted by molar-refractivity contribution is 5.90. The summed E-state index contributed by atoms with van der Waals surface area (Å²) in [6, 6.07) is 10.6. The number of methoxy groups -OCH3 is 1. The molecule has 1 aliphatic rings. The van der Waals surface area contributed by atoms with Crippen LogP contribution >= 0.6 is 0 Å². The predicted octanol–water partition coefficient (Wildman–Crippen LogP) is 1.66. The fraction of sp³-hybridized carbons (Fsp3) is 0.400. The van der Waals surface area contributed by atoms with E-state index in [1.807, 2.05) is 22.9 Å². The van der Waals surface area contributed by atoms with E-state index >= 15 is 0 Å². The summed E-state index contributed by atoms with van der Waals surface area (Å²) in [7, 11) is 1.47. The van der Waals surface area contributed by atoms with Gasteiger partial charge in [0.1, 0.15) is 6.61 Å². The lowest BCUT2D eigenvalue weighted by Crippen LogP contribution is -2.31. The maximum absolute atomic E-state index is 11.6. The number of anilines is 2. The molecule has 22 heavy (non-hydrogen) atoms. The van der Waals surface area contributed by atoms with Gasteiger partial charge < -0.3 is 10.1 Å². The first-order valence-electron chi connectivity index (χ1n) is 7.24. The molecule has 2 heterocycles. The van der Waals surface area contributed by atoms with Crippen LogP contribution in [0.25, 0.3) is 0 Å². The largest absolute Gasteiger partial charge is 0.375 e. The molecule has 0 bridgehead atoms. The maximum atomic E-state index is 11.6. The summed E-state index contributed by atoms with van der Waals surface area (Å²) in [4.78, 5) is 15.9. The van der Waals surface area contributed by atoms with Crippen LogP contribution in [0.3, 0.4) is 0 Å². The summed E-state index contributed by atoms with van der Waals surface area (Å²) in [6.45, 7) is 2.09. The van der Waals surface area contributed by atoms with Crippen molar-refractivity contribution in [3.63, 3.8) is 0 Å². The fourth-order valence-electron chi connectivity index (χ4n) is 2.65. The molecule has 116 valence electrons. The molecule has 0 fully saturated rings. The normalized spacial score (nSPS) is 20.1. The smallest absolute Gasteiger partial charge is 0.252 e. The lowest BCUT2D eigenvalue weighted by atomic mass is 9.99. The second kappa shape index (κ2) is 6.15. The van der Waals surface area contributed by atoms with Crippen LogP contribution in [-0.2, 0) is 9.53 Å². The number of nitrogens with zero attached hydrogens (tertiary/aromatic N) is 3. The van der Waals surface area contributed by atoms with Crippen molar-refractivity contribution in [2.75, 3.05) is 24.4 Å². The van der Waals surface area contributed by atoms with Crippen molar-refractivity contribution in [3.8, 4) is 0 Å². The van der Waals surface area contributed by atoms with Crippen LogP contribution < -0.4 is 10.6 Å². The summed E-state index contributed by atoms with van der Waals surface area (Å²) >= 11 is 0. The fourth-order valence-corrected chi connectivity index (χ4v) is 2.65. The van der Waals surface area contributed by atoms with Crippen LogP contribution in [0, 0.1) is 0 Å². The second-order valence-corrected chi connectivity index (χ2v) is 5.39. The number of hydrogen-bond acceptors (Lipinski definition) is 5. The Labute approximate surface area is 128 Å². The van der Waals surface area contributed by atoms with E-state index in [1.54, 1.807) is 0 Å². The van der Waals surface area contributed by atoms with Gasteiger partial charge in [0.05, 0.1) is 6.04 Å². The molecule has 3 rings (SSSR count). The molecule has 2 N–H and O–H groups in total. The summed E-state index contributed by atoms with van der Waals surface area (Å²) in [6.07, 6.45) is 0.909. The SMILES string of the molecule is COCC(=O)Nc1nc2n(n1)[C@@H](c1ccccc1)C[C@@H](C)N2. The van der Waals surface area contributed by atoms with Crippen molar-refractivity contribution >= 4 is 17.8 Å². The van der Waals surface area contributed by atoms with Gasteiger partial charge in [0.2, 0.25) is 5.95 Å². The summed E-state index contributed by atoms with van der Waals surface area (Å²) in [5.41, 5.74) is 1.18. The van der Waals surface area contributed by atoms with E-state index in [0.717, 1.165) is 6.42 Å². The number of hydrogen-bond donors (Lipinski definition) is 2. The Kier molecular flexibility index (Phi) is 4.06. The Morgan fingerprint density at radius 2 is 2.23 bits per heavy atom. The predicted molar refractivity (Wildman–Crippen MR) is 82.8 cm³/mol. The molecular weight excluding hydrogens is 282 g/mol. The molecule has 0 unspecified atom stereocenters.